The molecule has 2 nitrogen and oxygen atoms in total. The quantitative estimate of drug-likeness (QED) is 0.0595. The fourth-order valence-electron chi connectivity index (χ4n) is 6.28. The molecule has 0 aliphatic carbocycles. The molecular formula is C37H71N2+. The fraction of sp³-hybridized carbons (Fsp3) is 0.919. The normalized spacial score (nSPS) is 13.6. The number of nitrogens with zero attached hydrogens (tertiary/aromatic N) is 2. The van der Waals surface area contributed by atoms with Crippen LogP contribution < -0.4 is 0 Å². The van der Waals surface area contributed by atoms with Crippen molar-refractivity contribution in [2.24, 2.45) is 15.9 Å². The summed E-state index contributed by atoms with van der Waals surface area (Å²) in [5.41, 5.74) is 0. The van der Waals surface area contributed by atoms with E-state index in [0.717, 1.165) is 18.5 Å². The summed E-state index contributed by atoms with van der Waals surface area (Å²) in [7, 11) is 0. The van der Waals surface area contributed by atoms with Gasteiger partial charge in [0.15, 0.2) is 12.4 Å². The monoisotopic (exact) mass is 544 g/mol. The number of aliphatic imine (C=N–C) groups is 2. The van der Waals surface area contributed by atoms with Gasteiger partial charge < -0.3 is 0 Å². The Kier molecular flexibility index (Phi) is 28.0. The molecule has 1 unspecified atom stereocenters. The predicted octanol–water partition coefficient (Wildman–Crippen LogP) is 13.4. The SMILES string of the molecule is CCCCCCCCCCCCCCCCC(CCCCCCCCCCCCC)CCCC[C+]1N=CC=N1. The Bertz CT molecular complexity index is 514. The minimum absolute atomic E-state index is 0.960. The van der Waals surface area contributed by atoms with Crippen LogP contribution >= 0.6 is 0 Å². The van der Waals surface area contributed by atoms with E-state index in [-0.39, 0.29) is 0 Å². The molecule has 39 heavy (non-hydrogen) atoms. The van der Waals surface area contributed by atoms with Crippen molar-refractivity contribution in [1.82, 2.24) is 0 Å². The largest absolute Gasteiger partial charge is 0.240 e. The van der Waals surface area contributed by atoms with Crippen LogP contribution in [0.15, 0.2) is 9.98 Å². The van der Waals surface area contributed by atoms with Gasteiger partial charge in [0.2, 0.25) is 6.17 Å². The minimum Gasteiger partial charge on any atom is -0.0968 e. The minimum atomic E-state index is 0.960. The molecule has 0 bridgehead atoms. The first-order chi connectivity index (χ1) is 19.4. The Balaban J connectivity index is 2.03. The van der Waals surface area contributed by atoms with Crippen molar-refractivity contribution >= 4 is 12.4 Å². The van der Waals surface area contributed by atoms with E-state index in [1.807, 2.05) is 12.4 Å². The zero-order valence-corrected chi connectivity index (χ0v) is 27.0. The van der Waals surface area contributed by atoms with Gasteiger partial charge in [-0.2, -0.15) is 0 Å². The molecule has 1 heterocycles. The van der Waals surface area contributed by atoms with E-state index in [9.17, 15) is 0 Å². The highest BCUT2D eigenvalue weighted by molar-refractivity contribution is 6.18. The van der Waals surface area contributed by atoms with Crippen molar-refractivity contribution in [3.63, 3.8) is 0 Å². The lowest BCUT2D eigenvalue weighted by atomic mass is 9.89. The van der Waals surface area contributed by atoms with Crippen molar-refractivity contribution < 1.29 is 0 Å². The van der Waals surface area contributed by atoms with Gasteiger partial charge in [0.1, 0.15) is 0 Å². The maximum Gasteiger partial charge on any atom is 0.240 e. The highest BCUT2D eigenvalue weighted by atomic mass is 15.0. The van der Waals surface area contributed by atoms with E-state index in [1.165, 1.54) is 193 Å². The van der Waals surface area contributed by atoms with E-state index in [1.54, 1.807) is 0 Å². The Labute approximate surface area is 247 Å². The van der Waals surface area contributed by atoms with Crippen molar-refractivity contribution in [2.45, 2.75) is 213 Å². The zero-order chi connectivity index (χ0) is 27.9. The summed E-state index contributed by atoms with van der Waals surface area (Å²) in [6.45, 7) is 4.62. The molecule has 0 aromatic heterocycles. The molecule has 1 atom stereocenters. The first kappa shape index (κ1) is 36.2. The Morgan fingerprint density at radius 1 is 0.385 bits per heavy atom. The number of unbranched alkanes of at least 4 members (excludes halogenated alkanes) is 24. The second-order valence-corrected chi connectivity index (χ2v) is 12.8. The van der Waals surface area contributed by atoms with Gasteiger partial charge in [-0.3, -0.25) is 0 Å². The third-order valence-corrected chi connectivity index (χ3v) is 8.96. The van der Waals surface area contributed by atoms with Gasteiger partial charge in [-0.15, -0.1) is 0 Å². The maximum atomic E-state index is 4.35. The molecule has 0 fully saturated rings. The maximum absolute atomic E-state index is 4.35. The van der Waals surface area contributed by atoms with Gasteiger partial charge in [-0.25, -0.2) is 0 Å². The van der Waals surface area contributed by atoms with Gasteiger partial charge in [-0.05, 0) is 12.3 Å². The Morgan fingerprint density at radius 3 is 1.00 bits per heavy atom. The fourth-order valence-corrected chi connectivity index (χ4v) is 6.28. The molecule has 0 saturated carbocycles. The highest BCUT2D eigenvalue weighted by Crippen LogP contribution is 2.26. The summed E-state index contributed by atoms with van der Waals surface area (Å²) in [6, 6.07) is 0. The number of rotatable bonds is 32. The zero-order valence-electron chi connectivity index (χ0n) is 27.0. The van der Waals surface area contributed by atoms with Crippen LogP contribution in [0.3, 0.4) is 0 Å². The van der Waals surface area contributed by atoms with E-state index in [4.69, 9.17) is 0 Å². The van der Waals surface area contributed by atoms with E-state index < -0.39 is 0 Å². The molecular weight excluding hydrogens is 472 g/mol. The van der Waals surface area contributed by atoms with Gasteiger partial charge in [0, 0.05) is 0 Å². The molecule has 1 aliphatic rings. The molecule has 0 saturated heterocycles. The summed E-state index contributed by atoms with van der Waals surface area (Å²) in [6.07, 6.45) is 49.2. The second-order valence-electron chi connectivity index (χ2n) is 12.8. The molecule has 2 heteroatoms. The van der Waals surface area contributed by atoms with Crippen LogP contribution in [-0.4, -0.2) is 12.4 Å². The van der Waals surface area contributed by atoms with Crippen molar-refractivity contribution in [3.8, 4) is 0 Å². The lowest BCUT2D eigenvalue weighted by Gasteiger charge is -2.17. The molecule has 1 aliphatic heterocycles. The summed E-state index contributed by atoms with van der Waals surface area (Å²) in [5, 5.41) is 0. The molecule has 1 rings (SSSR count). The van der Waals surface area contributed by atoms with Gasteiger partial charge >= 0.3 is 0 Å². The average Bonchev–Trinajstić information content (AvgIpc) is 3.47. The smallest absolute Gasteiger partial charge is 0.0968 e. The van der Waals surface area contributed by atoms with Crippen LogP contribution in [0.2, 0.25) is 0 Å². The van der Waals surface area contributed by atoms with Crippen LogP contribution in [0.1, 0.15) is 213 Å². The van der Waals surface area contributed by atoms with Crippen LogP contribution in [0.5, 0.6) is 0 Å². The summed E-state index contributed by atoms with van der Waals surface area (Å²) >= 11 is 0. The third-order valence-electron chi connectivity index (χ3n) is 8.96. The third kappa shape index (κ3) is 25.9. The Hall–Kier alpha value is -0.790. The lowest BCUT2D eigenvalue weighted by Crippen LogP contribution is -2.02. The van der Waals surface area contributed by atoms with Crippen LogP contribution in [0.25, 0.3) is 0 Å². The summed E-state index contributed by atoms with van der Waals surface area (Å²) in [4.78, 5) is 8.70. The lowest BCUT2D eigenvalue weighted by molar-refractivity contribution is 0.366. The topological polar surface area (TPSA) is 24.7 Å². The molecule has 0 amide bonds. The number of hydrogen-bond acceptors (Lipinski definition) is 2. The van der Waals surface area contributed by atoms with Crippen LogP contribution in [0.4, 0.5) is 0 Å². The van der Waals surface area contributed by atoms with Crippen LogP contribution in [-0.2, 0) is 0 Å². The average molecular weight is 544 g/mol. The molecule has 0 aromatic rings. The van der Waals surface area contributed by atoms with Crippen molar-refractivity contribution in [1.29, 1.82) is 0 Å². The second kappa shape index (κ2) is 30.2. The van der Waals surface area contributed by atoms with Crippen molar-refractivity contribution in [2.75, 3.05) is 0 Å². The molecule has 0 spiro atoms. The van der Waals surface area contributed by atoms with Gasteiger partial charge in [-0.1, -0.05) is 210 Å². The summed E-state index contributed by atoms with van der Waals surface area (Å²) in [5.74, 6) is 0.960. The van der Waals surface area contributed by atoms with Gasteiger partial charge in [0.25, 0.3) is 0 Å². The number of hydrogen-bond donors (Lipinski definition) is 0. The predicted molar refractivity (Wildman–Crippen MR) is 178 cm³/mol. The first-order valence-corrected chi connectivity index (χ1v) is 18.3. The van der Waals surface area contributed by atoms with Crippen LogP contribution in [0, 0.1) is 12.1 Å². The molecule has 0 aromatic carbocycles. The van der Waals surface area contributed by atoms with E-state index >= 15 is 0 Å². The van der Waals surface area contributed by atoms with E-state index in [0.29, 0.717) is 0 Å². The Morgan fingerprint density at radius 2 is 0.667 bits per heavy atom. The van der Waals surface area contributed by atoms with Gasteiger partial charge in [0.05, 0.1) is 6.42 Å². The molecule has 228 valence electrons. The standard InChI is InChI=1S/C37H71N2/c1-3-5-7-9-11-13-15-16-17-19-21-23-25-27-31-36(32-28-29-33-37-38-34-35-39-37)30-26-24-22-20-18-14-12-10-8-6-4-2/h34-36H,3-33H2,1-2H3/q+1. The molecule has 0 N–H and O–H groups in total. The highest BCUT2D eigenvalue weighted by Gasteiger charge is 2.15. The van der Waals surface area contributed by atoms with Crippen molar-refractivity contribution in [3.05, 3.63) is 6.17 Å². The first-order valence-electron chi connectivity index (χ1n) is 18.3. The molecule has 0 radical (unpaired) electrons. The summed E-state index contributed by atoms with van der Waals surface area (Å²) < 4.78 is 0. The van der Waals surface area contributed by atoms with E-state index in [2.05, 4.69) is 23.8 Å².